The fourth-order valence-corrected chi connectivity index (χ4v) is 20.2. The van der Waals surface area contributed by atoms with Crippen LogP contribution < -0.4 is 39.7 Å². The zero-order valence-corrected chi connectivity index (χ0v) is 78.3. The molecule has 7 aliphatic heterocycles. The normalized spacial score (nSPS) is 15.7. The van der Waals surface area contributed by atoms with E-state index in [1.807, 2.05) is 9.80 Å². The summed E-state index contributed by atoms with van der Waals surface area (Å²) in [7, 11) is 0. The first-order valence-electron chi connectivity index (χ1n) is 44.6. The highest BCUT2D eigenvalue weighted by atomic mass is 35.5. The summed E-state index contributed by atoms with van der Waals surface area (Å²) in [6.07, 6.45) is 8.20. The van der Waals surface area contributed by atoms with Crippen LogP contribution in [0.5, 0.6) is 34.6 Å². The lowest BCUT2D eigenvalue weighted by Crippen LogP contribution is -2.48. The van der Waals surface area contributed by atoms with E-state index in [0.29, 0.717) is 187 Å². The van der Waals surface area contributed by atoms with Crippen molar-refractivity contribution in [2.24, 2.45) is 0 Å². The van der Waals surface area contributed by atoms with Crippen molar-refractivity contribution in [2.75, 3.05) is 155 Å². The number of ether oxygens (including phenoxy) is 2. The summed E-state index contributed by atoms with van der Waals surface area (Å²) in [6.45, 7) is 39.0. The van der Waals surface area contributed by atoms with E-state index in [4.69, 9.17) is 55.9 Å². The molecule has 0 atom stereocenters. The maximum absolute atomic E-state index is 16.1. The maximum atomic E-state index is 16.1. The number of carbonyl (C=O) groups excluding carboxylic acids is 4. The van der Waals surface area contributed by atoms with E-state index in [9.17, 15) is 57.2 Å². The Balaban J connectivity index is 0.000000129. The Morgan fingerprint density at radius 2 is 0.686 bits per heavy atom. The molecular formula is C104H90Cl4F8N14O10. The molecule has 0 radical (unpaired) electrons. The Morgan fingerprint density at radius 1 is 0.364 bits per heavy atom. The number of hydrogen-bond acceptors (Lipinski definition) is 20. The molecule has 140 heavy (non-hydrogen) atoms. The molecule has 8 aromatic carbocycles. The lowest BCUT2D eigenvalue weighted by molar-refractivity contribution is -0.127. The van der Waals surface area contributed by atoms with Crippen LogP contribution in [0.1, 0.15) is 28.8 Å². The third-order valence-corrected chi connectivity index (χ3v) is 27.0. The minimum atomic E-state index is -0.879. The average Bonchev–Trinajstić information content (AvgIpc) is 0.744. The van der Waals surface area contributed by atoms with E-state index in [1.54, 1.807) is 37.8 Å². The number of nitrogens with zero attached hydrogens (tertiary/aromatic N) is 12. The minimum absolute atomic E-state index is 0.0189. The second-order valence-corrected chi connectivity index (χ2v) is 36.0. The summed E-state index contributed by atoms with van der Waals surface area (Å²) in [4.78, 5) is 81.3. The molecule has 0 unspecified atom stereocenters. The van der Waals surface area contributed by atoms with E-state index in [1.165, 1.54) is 78.9 Å². The monoisotopic (exact) mass is 1990 g/mol. The molecule has 4 amide bonds. The fraction of sp³-hybridized carbons (Fsp3) is 0.231. The number of piperazine rings is 4. The number of amides is 4. The van der Waals surface area contributed by atoms with E-state index in [0.717, 1.165) is 81.2 Å². The van der Waals surface area contributed by atoms with Gasteiger partial charge in [-0.05, 0) is 122 Å². The maximum Gasteiger partial charge on any atom is 0.246 e. The smallest absolute Gasteiger partial charge is 0.246 e. The van der Waals surface area contributed by atoms with Gasteiger partial charge in [-0.2, -0.15) is 0 Å². The zero-order valence-electron chi connectivity index (χ0n) is 75.3. The van der Waals surface area contributed by atoms with Crippen LogP contribution in [0.2, 0.25) is 20.1 Å². The van der Waals surface area contributed by atoms with Gasteiger partial charge in [-0.3, -0.25) is 19.2 Å². The van der Waals surface area contributed by atoms with Crippen molar-refractivity contribution in [3.63, 3.8) is 0 Å². The molecule has 0 bridgehead atoms. The van der Waals surface area contributed by atoms with Crippen molar-refractivity contribution < 1.29 is 84.2 Å². The molecule has 4 fully saturated rings. The number of phenols is 4. The van der Waals surface area contributed by atoms with E-state index in [-0.39, 0.29) is 135 Å². The fourth-order valence-electron chi connectivity index (χ4n) is 19.0. The van der Waals surface area contributed by atoms with Gasteiger partial charge in [0.15, 0.2) is 34.8 Å². The van der Waals surface area contributed by atoms with Gasteiger partial charge < -0.3 is 79.7 Å². The molecule has 8 aliphatic rings. The number of phenolic OH excluding ortho intramolecular Hbond substituents is 4. The molecule has 36 heteroatoms. The summed E-state index contributed by atoms with van der Waals surface area (Å²) < 4.78 is 134. The number of halogens is 12. The third kappa shape index (κ3) is 18.4. The van der Waals surface area contributed by atoms with Crippen LogP contribution in [-0.2, 0) is 44.9 Å². The van der Waals surface area contributed by atoms with Gasteiger partial charge in [-0.15, -0.1) is 0 Å². The van der Waals surface area contributed by atoms with Crippen LogP contribution in [-0.4, -0.2) is 208 Å². The van der Waals surface area contributed by atoms with Crippen LogP contribution in [0.3, 0.4) is 0 Å². The number of benzene rings is 8. The number of hydrogen-bond donors (Lipinski definition) is 6. The number of fused-ring (bicyclic) bond motifs is 8. The van der Waals surface area contributed by atoms with Crippen LogP contribution in [0.15, 0.2) is 196 Å². The van der Waals surface area contributed by atoms with Gasteiger partial charge in [0, 0.05) is 196 Å². The third-order valence-electron chi connectivity index (χ3n) is 25.8. The second-order valence-electron chi connectivity index (χ2n) is 34.4. The Morgan fingerprint density at radius 3 is 1.06 bits per heavy atom. The standard InChI is InChI=1S/C27H24ClF2N3O2.C26H23ClF2N4O2.C26H22ClF2N3O3.C25H21ClF2N4O3/c1-3-22(35)32-9-11-33(12-10-32)27-16-13-15(2)7-8-20(16)31-26-17(27)14-18(28)23(25(26)30)24-19(29)5-4-6-21(24)34;1-3-20(35)32-7-9-33(10-8-32)25-15-12-17(27)21(22-18(28)5-4-6-19(22)34)23(29)24(15)31-26-16(25)11-14(2)13-30-26;1-3-20(34)31-7-9-32(10-8-31)25-15-12-17(27)21(22-18(28)5-4-6-19(22)33)23(29)24(15)30-26-16(25)11-14(2)13-35-26;1-3-18(34)31-7-9-32(10-8-31)23-14-11-15(26)19(20-16(27)5-4-6-17(20)33)21(28)22(14)30-25-24(23)35-12-13(2)29-25/h3-6,14,34H,1-2,7-13H2;3-6,12,34H,1-2,7-11,13H2,(H,30,31);3-6,12,33H,1-2,7-11,13H2;3-6,11,33H,1-2,7-10,12H2,(H,29,30). The number of aromatic hydroxyl groups is 4. The van der Waals surface area contributed by atoms with Crippen LogP contribution in [0, 0.1) is 46.5 Å². The number of aromatic nitrogens is 4. The molecule has 12 aromatic rings. The van der Waals surface area contributed by atoms with Crippen molar-refractivity contribution in [2.45, 2.75) is 32.1 Å². The van der Waals surface area contributed by atoms with Crippen molar-refractivity contribution in [3.05, 3.63) is 285 Å². The van der Waals surface area contributed by atoms with Gasteiger partial charge >= 0.3 is 0 Å². The number of aryl methyl sites for hydroxylation is 1. The summed E-state index contributed by atoms with van der Waals surface area (Å²) in [5.41, 5.74) is 7.33. The Labute approximate surface area is 818 Å². The second kappa shape index (κ2) is 40.1. The number of nitrogens with one attached hydrogen (secondary N) is 2. The van der Waals surface area contributed by atoms with Gasteiger partial charge in [0.25, 0.3) is 0 Å². The van der Waals surface area contributed by atoms with Crippen LogP contribution >= 0.6 is 46.4 Å². The molecule has 720 valence electrons. The summed E-state index contributed by atoms with van der Waals surface area (Å²) in [5, 5.41) is 48.9. The van der Waals surface area contributed by atoms with Gasteiger partial charge in [0.05, 0.1) is 65.1 Å². The predicted molar refractivity (Wildman–Crippen MR) is 530 cm³/mol. The van der Waals surface area contributed by atoms with Gasteiger partial charge in [0.2, 0.25) is 29.5 Å². The Hall–Kier alpha value is -14.6. The van der Waals surface area contributed by atoms with Gasteiger partial charge in [0.1, 0.15) is 87.4 Å². The van der Waals surface area contributed by atoms with E-state index >= 15 is 17.6 Å². The minimum Gasteiger partial charge on any atom is -0.507 e. The van der Waals surface area contributed by atoms with E-state index in [2.05, 4.69) is 93.0 Å². The highest BCUT2D eigenvalue weighted by molar-refractivity contribution is 6.36. The van der Waals surface area contributed by atoms with Gasteiger partial charge in [-0.25, -0.2) is 55.1 Å². The number of pyridine rings is 4. The highest BCUT2D eigenvalue weighted by Crippen LogP contribution is 2.53. The molecule has 4 saturated heterocycles. The quantitative estimate of drug-likeness (QED) is 0.0377. The molecule has 4 aromatic heterocycles. The number of carbonyl (C=O) groups is 4. The largest absolute Gasteiger partial charge is 0.507 e. The topological polar surface area (TPSA) is 269 Å². The van der Waals surface area contributed by atoms with Crippen LogP contribution in [0.4, 0.5) is 69.5 Å². The molecular weight excluding hydrogens is 1900 g/mol. The number of rotatable bonds is 12. The lowest BCUT2D eigenvalue weighted by Gasteiger charge is -2.38. The lowest BCUT2D eigenvalue weighted by atomic mass is 9.88. The summed E-state index contributed by atoms with van der Waals surface area (Å²) in [6, 6.07) is 21.2. The first kappa shape index (κ1) is 97.1. The number of anilines is 6. The van der Waals surface area contributed by atoms with Gasteiger partial charge in [-0.1, -0.05) is 134 Å². The van der Waals surface area contributed by atoms with Crippen LogP contribution in [0.25, 0.3) is 88.1 Å². The molecule has 0 spiro atoms. The van der Waals surface area contributed by atoms with Crippen molar-refractivity contribution >= 4 is 148 Å². The molecule has 0 saturated carbocycles. The molecule has 6 N–H and O–H groups in total. The predicted octanol–water partition coefficient (Wildman–Crippen LogP) is 19.9. The summed E-state index contributed by atoms with van der Waals surface area (Å²) in [5.74, 6) is -7.31. The first-order valence-corrected chi connectivity index (χ1v) is 46.1. The Bertz CT molecular complexity index is 6720. The zero-order chi connectivity index (χ0) is 99.4. The molecule has 24 nitrogen and oxygen atoms in total. The van der Waals surface area contributed by atoms with Crippen molar-refractivity contribution in [3.8, 4) is 79.1 Å². The Kier molecular flexibility index (Phi) is 27.8. The van der Waals surface area contributed by atoms with Crippen molar-refractivity contribution in [1.29, 1.82) is 0 Å². The molecule has 20 rings (SSSR count). The SMILES string of the molecule is C=CC(=O)N1CCN(c2c3c(nc4c(F)c(-c5c(O)cccc5F)c(Cl)cc24)CCC(=C)C3)CC1.C=CC(=O)N1CCN(c2c3c(nc4c(F)c(-c5c(O)cccc5F)c(Cl)cc24)NC(=C)CO3)CC1.C=CC(=O)N1CCN(c2c3c(nc4c(F)c(-c5c(O)cccc5F)c(Cl)cc24)NCC(=C)C3)CC1.C=CC(=O)N1CCN(c2c3c(nc4c(F)c(-c5c(O)cccc5F)c(Cl)cc24)OCC(=C)C3)CC1. The van der Waals surface area contributed by atoms with Crippen molar-refractivity contribution in [1.82, 2.24) is 39.5 Å². The number of allylic oxidation sites excluding steroid dienone is 1. The highest BCUT2D eigenvalue weighted by Gasteiger charge is 2.39. The first-order chi connectivity index (χ1) is 67.2. The molecule has 11 heterocycles. The molecule has 1 aliphatic carbocycles. The summed E-state index contributed by atoms with van der Waals surface area (Å²) >= 11 is 26.1. The van der Waals surface area contributed by atoms with E-state index < -0.39 is 69.5 Å². The average molecular weight is 1990 g/mol.